The van der Waals surface area contributed by atoms with Crippen LogP contribution < -0.4 is 14.4 Å². The highest BCUT2D eigenvalue weighted by Gasteiger charge is 2.29. The van der Waals surface area contributed by atoms with Crippen LogP contribution in [0.5, 0.6) is 5.75 Å². The molecule has 2 rings (SSSR count). The van der Waals surface area contributed by atoms with E-state index in [1.165, 1.54) is 21.3 Å². The number of benzene rings is 2. The molecule has 8 nitrogen and oxygen atoms in total. The summed E-state index contributed by atoms with van der Waals surface area (Å²) in [7, 11) is -3.65. The molecule has 0 saturated carbocycles. The normalized spacial score (nSPS) is 12.5. The van der Waals surface area contributed by atoms with Gasteiger partial charge in [0, 0.05) is 25.0 Å². The van der Waals surface area contributed by atoms with Gasteiger partial charge in [-0.05, 0) is 70.9 Å². The lowest BCUT2D eigenvalue weighted by Gasteiger charge is -2.32. The van der Waals surface area contributed by atoms with Crippen LogP contribution in [0.1, 0.15) is 53.0 Å². The fourth-order valence-electron chi connectivity index (χ4n) is 3.77. The summed E-state index contributed by atoms with van der Waals surface area (Å²) in [6.45, 7) is 9.55. The first-order valence-electron chi connectivity index (χ1n) is 12.3. The highest BCUT2D eigenvalue weighted by Crippen LogP contribution is 2.30. The molecule has 0 fully saturated rings. The minimum Gasteiger partial charge on any atom is -0.492 e. The van der Waals surface area contributed by atoms with Gasteiger partial charge in [-0.2, -0.15) is 0 Å². The number of carbonyl (C=O) groups is 2. The van der Waals surface area contributed by atoms with Crippen LogP contribution in [0.2, 0.25) is 0 Å². The Morgan fingerprint density at radius 1 is 1.08 bits per heavy atom. The van der Waals surface area contributed by atoms with Gasteiger partial charge in [0.2, 0.25) is 21.8 Å². The summed E-state index contributed by atoms with van der Waals surface area (Å²) in [5.41, 5.74) is 0.591. The summed E-state index contributed by atoms with van der Waals surface area (Å²) >= 11 is 0. The number of anilines is 1. The van der Waals surface area contributed by atoms with Crippen LogP contribution in [0.4, 0.5) is 10.1 Å². The molecule has 0 spiro atoms. The van der Waals surface area contributed by atoms with E-state index in [9.17, 15) is 22.4 Å². The van der Waals surface area contributed by atoms with E-state index in [0.29, 0.717) is 23.6 Å². The number of hydrogen-bond acceptors (Lipinski definition) is 5. The number of amides is 2. The Morgan fingerprint density at radius 3 is 2.27 bits per heavy atom. The molecule has 37 heavy (non-hydrogen) atoms. The van der Waals surface area contributed by atoms with Crippen molar-refractivity contribution in [1.29, 1.82) is 0 Å². The lowest BCUT2D eigenvalue weighted by atomic mass is 10.1. The summed E-state index contributed by atoms with van der Waals surface area (Å²) < 4.78 is 45.4. The lowest BCUT2D eigenvalue weighted by Crippen LogP contribution is -2.52. The maximum atomic E-state index is 13.4. The molecular weight excluding hydrogens is 497 g/mol. The third kappa shape index (κ3) is 9.35. The molecule has 0 heterocycles. The zero-order valence-electron chi connectivity index (χ0n) is 22.5. The van der Waals surface area contributed by atoms with E-state index in [0.717, 1.165) is 6.26 Å². The van der Waals surface area contributed by atoms with Gasteiger partial charge in [-0.25, -0.2) is 12.8 Å². The molecule has 0 saturated heterocycles. The molecule has 0 aliphatic rings. The molecular formula is C27H38FN3O5S. The Hall–Kier alpha value is -3.14. The molecule has 2 aromatic rings. The number of carbonyl (C=O) groups excluding carboxylic acids is 2. The maximum Gasteiger partial charge on any atom is 0.242 e. The monoisotopic (exact) mass is 535 g/mol. The Morgan fingerprint density at radius 2 is 1.70 bits per heavy atom. The predicted molar refractivity (Wildman–Crippen MR) is 143 cm³/mol. The van der Waals surface area contributed by atoms with Gasteiger partial charge in [-0.3, -0.25) is 13.9 Å². The topological polar surface area (TPSA) is 96.0 Å². The second-order valence-corrected chi connectivity index (χ2v) is 11.8. The largest absolute Gasteiger partial charge is 0.492 e. The fourth-order valence-corrected chi connectivity index (χ4v) is 4.74. The number of rotatable bonds is 12. The van der Waals surface area contributed by atoms with E-state index in [1.54, 1.807) is 43.3 Å². The minimum atomic E-state index is -3.65. The van der Waals surface area contributed by atoms with E-state index in [-0.39, 0.29) is 37.7 Å². The minimum absolute atomic E-state index is 0.0111. The maximum absolute atomic E-state index is 13.4. The molecule has 2 amide bonds. The van der Waals surface area contributed by atoms with Crippen LogP contribution in [0, 0.1) is 5.82 Å². The Labute approximate surface area is 219 Å². The van der Waals surface area contributed by atoms with Gasteiger partial charge in [0.15, 0.2) is 0 Å². The second kappa shape index (κ2) is 12.9. The number of nitrogens with one attached hydrogen (secondary N) is 1. The van der Waals surface area contributed by atoms with Crippen molar-refractivity contribution >= 4 is 27.5 Å². The molecule has 204 valence electrons. The quantitative estimate of drug-likeness (QED) is 0.442. The van der Waals surface area contributed by atoms with E-state index in [1.807, 2.05) is 27.7 Å². The summed E-state index contributed by atoms with van der Waals surface area (Å²) in [5, 5.41) is 2.89. The van der Waals surface area contributed by atoms with E-state index in [4.69, 9.17) is 4.74 Å². The van der Waals surface area contributed by atoms with Crippen molar-refractivity contribution in [2.45, 2.75) is 65.6 Å². The second-order valence-electron chi connectivity index (χ2n) is 9.90. The number of nitrogens with zero attached hydrogens (tertiary/aromatic N) is 2. The first-order valence-corrected chi connectivity index (χ1v) is 14.1. The van der Waals surface area contributed by atoms with Crippen LogP contribution in [0.15, 0.2) is 48.5 Å². The van der Waals surface area contributed by atoms with Crippen LogP contribution >= 0.6 is 0 Å². The highest BCUT2D eigenvalue weighted by atomic mass is 32.2. The van der Waals surface area contributed by atoms with Gasteiger partial charge in [-0.15, -0.1) is 0 Å². The Kier molecular flexibility index (Phi) is 10.5. The molecule has 0 aliphatic carbocycles. The van der Waals surface area contributed by atoms with Crippen molar-refractivity contribution in [2.24, 2.45) is 0 Å². The average Bonchev–Trinajstić information content (AvgIpc) is 2.80. The first kappa shape index (κ1) is 30.1. The van der Waals surface area contributed by atoms with Crippen LogP contribution in [-0.2, 0) is 26.2 Å². The van der Waals surface area contributed by atoms with Crippen molar-refractivity contribution < 1.29 is 27.1 Å². The Balaban J connectivity index is 2.22. The number of ether oxygens (including phenoxy) is 1. The summed E-state index contributed by atoms with van der Waals surface area (Å²) in [6.07, 6.45) is 1.34. The molecule has 0 bridgehead atoms. The van der Waals surface area contributed by atoms with E-state index >= 15 is 0 Å². The van der Waals surface area contributed by atoms with E-state index < -0.39 is 27.4 Å². The molecule has 0 aromatic heterocycles. The van der Waals surface area contributed by atoms with Gasteiger partial charge in [0.25, 0.3) is 0 Å². The third-order valence-electron chi connectivity index (χ3n) is 5.52. The van der Waals surface area contributed by atoms with Crippen molar-refractivity contribution in [3.63, 3.8) is 0 Å². The fraction of sp³-hybridized carbons (Fsp3) is 0.481. The molecule has 1 N–H and O–H groups in total. The zero-order valence-corrected chi connectivity index (χ0v) is 23.3. The molecule has 2 aromatic carbocycles. The summed E-state index contributed by atoms with van der Waals surface area (Å²) in [5.74, 6) is -0.584. The van der Waals surface area contributed by atoms with Gasteiger partial charge >= 0.3 is 0 Å². The summed E-state index contributed by atoms with van der Waals surface area (Å²) in [4.78, 5) is 27.7. The molecule has 1 atom stereocenters. The lowest BCUT2D eigenvalue weighted by molar-refractivity contribution is -0.141. The highest BCUT2D eigenvalue weighted by molar-refractivity contribution is 7.92. The number of para-hydroxylation sites is 2. The SMILES string of the molecule is CCOc1ccccc1N(CCCC(=O)N(Cc1ccc(F)cc1)[C@@H](C)C(=O)NC(C)(C)C)S(C)(=O)=O. The Bertz CT molecular complexity index is 1160. The molecule has 0 aliphatic heterocycles. The van der Waals surface area contributed by atoms with Crippen molar-refractivity contribution in [3.05, 3.63) is 59.9 Å². The van der Waals surface area contributed by atoms with Crippen LogP contribution in [-0.4, -0.2) is 56.1 Å². The average molecular weight is 536 g/mol. The van der Waals surface area contributed by atoms with Crippen LogP contribution in [0.25, 0.3) is 0 Å². The van der Waals surface area contributed by atoms with Gasteiger partial charge in [0.1, 0.15) is 17.6 Å². The van der Waals surface area contributed by atoms with Crippen molar-refractivity contribution in [3.8, 4) is 5.75 Å². The standard InChI is InChI=1S/C27H38FN3O5S/c1-7-36-24-12-9-8-11-23(24)31(37(6,34)35)18-10-13-25(32)30(19-21-14-16-22(28)17-15-21)20(2)26(33)29-27(3,4)5/h8-9,11-12,14-17,20H,7,10,13,18-19H2,1-6H3,(H,29,33)/t20-/m0/s1. The zero-order chi connectivity index (χ0) is 27.8. The summed E-state index contributed by atoms with van der Waals surface area (Å²) in [6, 6.07) is 11.8. The van der Waals surface area contributed by atoms with Crippen molar-refractivity contribution in [1.82, 2.24) is 10.2 Å². The number of sulfonamides is 1. The van der Waals surface area contributed by atoms with Gasteiger partial charge in [0.05, 0.1) is 18.6 Å². The third-order valence-corrected chi connectivity index (χ3v) is 6.70. The molecule has 0 radical (unpaired) electrons. The smallest absolute Gasteiger partial charge is 0.242 e. The van der Waals surface area contributed by atoms with Gasteiger partial charge < -0.3 is 15.0 Å². The van der Waals surface area contributed by atoms with Gasteiger partial charge in [-0.1, -0.05) is 24.3 Å². The predicted octanol–water partition coefficient (Wildman–Crippen LogP) is 4.10. The molecule has 10 heteroatoms. The first-order chi connectivity index (χ1) is 17.2. The molecule has 0 unspecified atom stereocenters. The number of hydrogen-bond donors (Lipinski definition) is 1. The van der Waals surface area contributed by atoms with Crippen LogP contribution in [0.3, 0.4) is 0 Å². The van der Waals surface area contributed by atoms with Crippen molar-refractivity contribution in [2.75, 3.05) is 23.7 Å². The van der Waals surface area contributed by atoms with E-state index in [2.05, 4.69) is 5.32 Å². The number of halogens is 1.